The number of aliphatic hydroxyl groups excluding tert-OH is 1. The largest absolute Gasteiger partial charge is 0.471 e. The van der Waals surface area contributed by atoms with Crippen LogP contribution in [-0.4, -0.2) is 56.7 Å². The van der Waals surface area contributed by atoms with Gasteiger partial charge in [-0.3, -0.25) is 20.6 Å². The average Bonchev–Trinajstić information content (AvgIpc) is 3.24. The van der Waals surface area contributed by atoms with Gasteiger partial charge in [0.15, 0.2) is 17.3 Å². The summed E-state index contributed by atoms with van der Waals surface area (Å²) in [6.07, 6.45) is 4.02. The summed E-state index contributed by atoms with van der Waals surface area (Å²) in [6, 6.07) is 4.81. The van der Waals surface area contributed by atoms with Crippen LogP contribution in [0.5, 0.6) is 0 Å². The second-order valence-electron chi connectivity index (χ2n) is 8.83. The van der Waals surface area contributed by atoms with E-state index in [4.69, 9.17) is 30.9 Å². The molecule has 11 heteroatoms. The first-order chi connectivity index (χ1) is 16.1. The first kappa shape index (κ1) is 24.8. The van der Waals surface area contributed by atoms with Crippen molar-refractivity contribution in [3.63, 3.8) is 0 Å². The van der Waals surface area contributed by atoms with Gasteiger partial charge in [0.2, 0.25) is 5.90 Å². The number of hydrogen-bond donors (Lipinski definition) is 4. The number of rotatable bonds is 7. The Morgan fingerprint density at radius 3 is 2.62 bits per heavy atom. The normalized spacial score (nSPS) is 14.5. The lowest BCUT2D eigenvalue weighted by Gasteiger charge is -2.30. The number of aliphatic imine (C=N–C) groups is 1. The number of ether oxygens (including phenoxy) is 1. The van der Waals surface area contributed by atoms with Gasteiger partial charge < -0.3 is 25.0 Å². The minimum absolute atomic E-state index is 0.0104. The Balaban J connectivity index is 1.67. The van der Waals surface area contributed by atoms with Crippen LogP contribution in [0.15, 0.2) is 45.6 Å². The lowest BCUT2D eigenvalue weighted by molar-refractivity contribution is 0.0651. The predicted octanol–water partition coefficient (Wildman–Crippen LogP) is 2.26. The third-order valence-corrected chi connectivity index (χ3v) is 5.12. The minimum atomic E-state index is -0.502. The van der Waals surface area contributed by atoms with Gasteiger partial charge in [-0.25, -0.2) is 4.99 Å². The molecule has 0 bridgehead atoms. The average molecular weight is 468 g/mol. The molecule has 2 aromatic rings. The molecule has 3 heterocycles. The number of hydrogen-bond acceptors (Lipinski definition) is 8. The number of aliphatic hydroxyl groups is 1. The van der Waals surface area contributed by atoms with E-state index in [2.05, 4.69) is 15.1 Å². The molecule has 3 rings (SSSR count). The summed E-state index contributed by atoms with van der Waals surface area (Å²) in [4.78, 5) is 22.3. The van der Waals surface area contributed by atoms with Gasteiger partial charge in [0.1, 0.15) is 19.0 Å². The first-order valence-electron chi connectivity index (χ1n) is 10.8. The van der Waals surface area contributed by atoms with Gasteiger partial charge in [-0.2, -0.15) is 0 Å². The molecule has 0 spiro atoms. The van der Waals surface area contributed by atoms with Crippen LogP contribution in [0.3, 0.4) is 0 Å². The van der Waals surface area contributed by atoms with Gasteiger partial charge in [0.05, 0.1) is 11.3 Å². The van der Waals surface area contributed by atoms with Gasteiger partial charge in [-0.15, -0.1) is 0 Å². The van der Waals surface area contributed by atoms with E-state index in [0.717, 1.165) is 19.5 Å². The van der Waals surface area contributed by atoms with Crippen LogP contribution in [0, 0.1) is 16.2 Å². The van der Waals surface area contributed by atoms with Gasteiger partial charge in [-0.1, -0.05) is 25.9 Å². The van der Waals surface area contributed by atoms with Crippen LogP contribution in [0.2, 0.25) is 0 Å². The van der Waals surface area contributed by atoms with E-state index in [1.54, 1.807) is 17.0 Å². The van der Waals surface area contributed by atoms with Crippen LogP contribution < -0.4 is 5.73 Å². The lowest BCUT2D eigenvalue weighted by atomic mass is 9.86. The number of likely N-dealkylation sites (tertiary alicyclic amines) is 1. The van der Waals surface area contributed by atoms with Crippen molar-refractivity contribution >= 4 is 23.5 Å². The zero-order chi connectivity index (χ0) is 24.9. The van der Waals surface area contributed by atoms with Crippen molar-refractivity contribution in [2.24, 2.45) is 16.1 Å². The fraction of sp³-hybridized carbons (Fsp3) is 0.391. The maximum atomic E-state index is 12.2. The highest BCUT2D eigenvalue weighted by Crippen LogP contribution is 2.27. The van der Waals surface area contributed by atoms with E-state index in [1.165, 1.54) is 18.3 Å². The molecule has 11 nitrogen and oxygen atoms in total. The Hall–Kier alpha value is -3.86. The topological polar surface area (TPSA) is 175 Å². The van der Waals surface area contributed by atoms with E-state index in [1.807, 2.05) is 20.8 Å². The summed E-state index contributed by atoms with van der Waals surface area (Å²) in [5.41, 5.74) is 7.21. The highest BCUT2D eigenvalue weighted by atomic mass is 16.5. The molecule has 34 heavy (non-hydrogen) atoms. The van der Waals surface area contributed by atoms with Crippen LogP contribution >= 0.6 is 0 Å². The molecule has 0 atom stereocenters. The van der Waals surface area contributed by atoms with Crippen LogP contribution in [-0.2, 0) is 18.0 Å². The summed E-state index contributed by atoms with van der Waals surface area (Å²) < 4.78 is 10.5. The highest BCUT2D eigenvalue weighted by molar-refractivity contribution is 6.09. The van der Waals surface area contributed by atoms with Crippen molar-refractivity contribution in [2.45, 2.75) is 40.4 Å². The maximum absolute atomic E-state index is 12.2. The molecule has 180 valence electrons. The second-order valence-corrected chi connectivity index (χ2v) is 8.83. The molecule has 0 aromatic carbocycles. The molecule has 5 N–H and O–H groups in total. The molecule has 1 amide bonds. The van der Waals surface area contributed by atoms with Crippen LogP contribution in [0.1, 0.15) is 54.7 Å². The number of nitrogens with zero attached hydrogens (tertiary/aromatic N) is 4. The Bertz CT molecular complexity index is 1120. The Kier molecular flexibility index (Phi) is 7.57. The van der Waals surface area contributed by atoms with Crippen molar-refractivity contribution in [1.29, 1.82) is 10.8 Å². The third kappa shape index (κ3) is 6.13. The highest BCUT2D eigenvalue weighted by Gasteiger charge is 2.24. The number of aromatic nitrogens is 2. The molecule has 0 aliphatic carbocycles. The van der Waals surface area contributed by atoms with Crippen molar-refractivity contribution in [2.75, 3.05) is 13.1 Å². The molecule has 0 saturated carbocycles. The van der Waals surface area contributed by atoms with E-state index in [0.29, 0.717) is 16.8 Å². The summed E-state index contributed by atoms with van der Waals surface area (Å²) >= 11 is 0. The Morgan fingerprint density at radius 2 is 2.09 bits per heavy atom. The molecule has 1 saturated heterocycles. The number of carbonyl (C=O) groups excluding carboxylic acids is 1. The molecular formula is C23H29N7O4. The third-order valence-electron chi connectivity index (χ3n) is 5.12. The second kappa shape index (κ2) is 10.4. The van der Waals surface area contributed by atoms with Gasteiger partial charge >= 0.3 is 0 Å². The number of carbonyl (C=O) groups is 1. The van der Waals surface area contributed by atoms with E-state index in [9.17, 15) is 4.79 Å². The SMILES string of the molecule is CC(C)(C)/C(=C/C(N)=NC(=N)c1cc(CO)on1)C(=N)OCc1ccc(C(=O)N2CCC2)cn1. The lowest BCUT2D eigenvalue weighted by Crippen LogP contribution is -2.42. The number of amidine groups is 2. The monoisotopic (exact) mass is 467 g/mol. The maximum Gasteiger partial charge on any atom is 0.255 e. The van der Waals surface area contributed by atoms with Gasteiger partial charge in [0.25, 0.3) is 5.91 Å². The number of nitrogens with two attached hydrogens (primary N) is 1. The zero-order valence-electron chi connectivity index (χ0n) is 19.5. The molecule has 0 unspecified atom stereocenters. The first-order valence-corrected chi connectivity index (χ1v) is 10.8. The number of pyridine rings is 1. The zero-order valence-corrected chi connectivity index (χ0v) is 19.5. The number of amides is 1. The fourth-order valence-corrected chi connectivity index (χ4v) is 3.05. The van der Waals surface area contributed by atoms with Crippen molar-refractivity contribution in [1.82, 2.24) is 15.0 Å². The fourth-order valence-electron chi connectivity index (χ4n) is 3.05. The summed E-state index contributed by atoms with van der Waals surface area (Å²) in [7, 11) is 0. The van der Waals surface area contributed by atoms with Gasteiger partial charge in [-0.05, 0) is 30.0 Å². The summed E-state index contributed by atoms with van der Waals surface area (Å²) in [5.74, 6) is -0.181. The molecule has 0 radical (unpaired) electrons. The van der Waals surface area contributed by atoms with Crippen molar-refractivity contribution in [3.8, 4) is 0 Å². The van der Waals surface area contributed by atoms with Crippen molar-refractivity contribution in [3.05, 3.63) is 58.8 Å². The Labute approximate surface area is 197 Å². The standard InChI is InChI=1S/C23H29N7O4/c1-23(2,3)17(10-19(24)28-20(25)18-9-16(12-31)34-29-18)21(26)33-13-15-6-5-14(11-27-15)22(32)30-7-4-8-30/h5-6,9-11,26,31H,4,7-8,12-13H2,1-3H3,(H3,24,25,28)/b17-10+,26-21?. The summed E-state index contributed by atoms with van der Waals surface area (Å²) in [6.45, 7) is 6.95. The molecule has 1 aliphatic rings. The number of nitrogens with one attached hydrogen (secondary N) is 2. The molecule has 1 aliphatic heterocycles. The molecule has 1 fully saturated rings. The molecule has 2 aromatic heterocycles. The van der Waals surface area contributed by atoms with Crippen molar-refractivity contribution < 1.29 is 19.2 Å². The van der Waals surface area contributed by atoms with Crippen LogP contribution in [0.25, 0.3) is 0 Å². The van der Waals surface area contributed by atoms with Crippen LogP contribution in [0.4, 0.5) is 0 Å². The Morgan fingerprint density at radius 1 is 1.35 bits per heavy atom. The molecular weight excluding hydrogens is 438 g/mol. The van der Waals surface area contributed by atoms with E-state index in [-0.39, 0.29) is 48.1 Å². The van der Waals surface area contributed by atoms with E-state index < -0.39 is 5.41 Å². The smallest absolute Gasteiger partial charge is 0.255 e. The summed E-state index contributed by atoms with van der Waals surface area (Å²) in [5, 5.41) is 29.2. The minimum Gasteiger partial charge on any atom is -0.471 e. The van der Waals surface area contributed by atoms with E-state index >= 15 is 0 Å². The quantitative estimate of drug-likeness (QED) is 0.357. The predicted molar refractivity (Wildman–Crippen MR) is 126 cm³/mol. The van der Waals surface area contributed by atoms with Gasteiger partial charge in [0, 0.05) is 30.9 Å².